The topological polar surface area (TPSA) is 27.7 Å². The van der Waals surface area contributed by atoms with Gasteiger partial charge < -0.3 is 14.2 Å². The molecule has 3 nitrogen and oxygen atoms in total. The first-order valence-corrected chi connectivity index (χ1v) is 10.6. The van der Waals surface area contributed by atoms with Crippen molar-refractivity contribution in [1.82, 2.24) is 0 Å². The highest BCUT2D eigenvalue weighted by molar-refractivity contribution is 5.33. The SMILES string of the molecule is CC=CCCC1CCC(C(F)CCOc2ccc(OCCCC)c(F)c2)OC1. The van der Waals surface area contributed by atoms with E-state index in [2.05, 4.69) is 19.1 Å². The zero-order valence-corrected chi connectivity index (χ0v) is 17.2. The first kappa shape index (κ1) is 22.7. The smallest absolute Gasteiger partial charge is 0.168 e. The molecule has 28 heavy (non-hydrogen) atoms. The average molecular weight is 397 g/mol. The highest BCUT2D eigenvalue weighted by Gasteiger charge is 2.28. The molecule has 0 N–H and O–H groups in total. The predicted molar refractivity (Wildman–Crippen MR) is 108 cm³/mol. The van der Waals surface area contributed by atoms with E-state index in [9.17, 15) is 8.78 Å². The molecule has 3 unspecified atom stereocenters. The van der Waals surface area contributed by atoms with Gasteiger partial charge in [0, 0.05) is 19.1 Å². The van der Waals surface area contributed by atoms with Gasteiger partial charge in [0.05, 0.1) is 19.3 Å². The molecule has 0 aliphatic carbocycles. The lowest BCUT2D eigenvalue weighted by Crippen LogP contribution is -2.34. The highest BCUT2D eigenvalue weighted by Crippen LogP contribution is 2.27. The van der Waals surface area contributed by atoms with Gasteiger partial charge in [-0.05, 0) is 57.1 Å². The van der Waals surface area contributed by atoms with Crippen LogP contribution < -0.4 is 9.47 Å². The summed E-state index contributed by atoms with van der Waals surface area (Å²) in [6, 6.07) is 4.51. The van der Waals surface area contributed by atoms with Gasteiger partial charge in [-0.15, -0.1) is 0 Å². The monoisotopic (exact) mass is 396 g/mol. The standard InChI is InChI=1S/C23H34F2O3/c1-3-5-7-8-18-9-11-22(28-17-18)20(24)13-15-26-19-10-12-23(21(25)16-19)27-14-6-4-2/h3,5,10,12,16,18,20,22H,4,6-9,11,13-15,17H2,1-2H3. The number of rotatable bonds is 12. The summed E-state index contributed by atoms with van der Waals surface area (Å²) in [5.74, 6) is 0.687. The van der Waals surface area contributed by atoms with Gasteiger partial charge in [0.1, 0.15) is 11.9 Å². The van der Waals surface area contributed by atoms with Gasteiger partial charge in [-0.2, -0.15) is 0 Å². The van der Waals surface area contributed by atoms with Gasteiger partial charge in [0.2, 0.25) is 0 Å². The summed E-state index contributed by atoms with van der Waals surface area (Å²) in [5, 5.41) is 0. The number of benzene rings is 1. The van der Waals surface area contributed by atoms with Crippen molar-refractivity contribution in [3.63, 3.8) is 0 Å². The van der Waals surface area contributed by atoms with Crippen LogP contribution >= 0.6 is 0 Å². The van der Waals surface area contributed by atoms with Crippen molar-refractivity contribution in [1.29, 1.82) is 0 Å². The molecule has 1 saturated heterocycles. The second-order valence-corrected chi connectivity index (χ2v) is 7.41. The van der Waals surface area contributed by atoms with Crippen LogP contribution in [0.4, 0.5) is 8.78 Å². The first-order valence-electron chi connectivity index (χ1n) is 10.6. The van der Waals surface area contributed by atoms with Gasteiger partial charge in [0.25, 0.3) is 0 Å². The van der Waals surface area contributed by atoms with Crippen LogP contribution in [0.1, 0.15) is 58.8 Å². The molecule has 1 heterocycles. The fourth-order valence-corrected chi connectivity index (χ4v) is 3.33. The Labute approximate surface area is 168 Å². The number of allylic oxidation sites excluding steroid dienone is 2. The number of alkyl halides is 1. The number of hydrogen-bond acceptors (Lipinski definition) is 3. The summed E-state index contributed by atoms with van der Waals surface area (Å²) in [5.41, 5.74) is 0. The highest BCUT2D eigenvalue weighted by atomic mass is 19.1. The minimum absolute atomic E-state index is 0.196. The predicted octanol–water partition coefficient (Wildman–Crippen LogP) is 6.26. The number of unbranched alkanes of at least 4 members (excludes halogenated alkanes) is 1. The maximum atomic E-state index is 14.4. The van der Waals surface area contributed by atoms with Gasteiger partial charge in [-0.25, -0.2) is 8.78 Å². The van der Waals surface area contributed by atoms with Gasteiger partial charge >= 0.3 is 0 Å². The van der Waals surface area contributed by atoms with Crippen LogP contribution in [0.2, 0.25) is 0 Å². The first-order chi connectivity index (χ1) is 13.6. The fraction of sp³-hybridized carbons (Fsp3) is 0.652. The summed E-state index contributed by atoms with van der Waals surface area (Å²) in [6.07, 6.45) is 8.84. The molecule has 0 radical (unpaired) electrons. The lowest BCUT2D eigenvalue weighted by Gasteiger charge is -2.30. The lowest BCUT2D eigenvalue weighted by atomic mass is 9.92. The molecular formula is C23H34F2O3. The lowest BCUT2D eigenvalue weighted by molar-refractivity contribution is -0.0611. The van der Waals surface area contributed by atoms with Crippen molar-refractivity contribution >= 4 is 0 Å². The van der Waals surface area contributed by atoms with Crippen LogP contribution in [0.5, 0.6) is 11.5 Å². The zero-order valence-electron chi connectivity index (χ0n) is 17.2. The van der Waals surface area contributed by atoms with Crippen LogP contribution in [0.25, 0.3) is 0 Å². The number of hydrogen-bond donors (Lipinski definition) is 0. The Bertz CT molecular complexity index is 583. The molecule has 1 aromatic carbocycles. The van der Waals surface area contributed by atoms with E-state index in [1.807, 2.05) is 6.92 Å². The van der Waals surface area contributed by atoms with E-state index in [0.717, 1.165) is 38.5 Å². The minimum atomic E-state index is -1.06. The summed E-state index contributed by atoms with van der Waals surface area (Å²) in [7, 11) is 0. The molecule has 0 saturated carbocycles. The molecular weight excluding hydrogens is 362 g/mol. The Morgan fingerprint density at radius 3 is 2.79 bits per heavy atom. The Kier molecular flexibility index (Phi) is 10.3. The molecule has 0 spiro atoms. The van der Waals surface area contributed by atoms with E-state index in [-0.39, 0.29) is 24.9 Å². The van der Waals surface area contributed by atoms with Crippen molar-refractivity contribution in [3.8, 4) is 11.5 Å². The van der Waals surface area contributed by atoms with Crippen LogP contribution in [0.15, 0.2) is 30.4 Å². The Morgan fingerprint density at radius 1 is 1.25 bits per heavy atom. The molecule has 5 heteroatoms. The molecule has 0 bridgehead atoms. The van der Waals surface area contributed by atoms with Crippen LogP contribution in [-0.4, -0.2) is 32.1 Å². The van der Waals surface area contributed by atoms with Crippen molar-refractivity contribution in [3.05, 3.63) is 36.2 Å². The molecule has 1 aromatic rings. The van der Waals surface area contributed by atoms with Crippen LogP contribution in [0.3, 0.4) is 0 Å². The van der Waals surface area contributed by atoms with Crippen LogP contribution in [0, 0.1) is 11.7 Å². The minimum Gasteiger partial charge on any atom is -0.493 e. The Balaban J connectivity index is 1.67. The molecule has 158 valence electrons. The van der Waals surface area contributed by atoms with E-state index in [1.165, 1.54) is 6.07 Å². The van der Waals surface area contributed by atoms with Gasteiger partial charge in [-0.3, -0.25) is 0 Å². The van der Waals surface area contributed by atoms with Crippen molar-refractivity contribution in [2.75, 3.05) is 19.8 Å². The molecule has 1 aliphatic heterocycles. The third kappa shape index (κ3) is 7.78. The summed E-state index contributed by atoms with van der Waals surface area (Å²) in [6.45, 7) is 5.40. The number of halogens is 2. The van der Waals surface area contributed by atoms with Crippen molar-refractivity contribution in [2.24, 2.45) is 5.92 Å². The van der Waals surface area contributed by atoms with E-state index in [1.54, 1.807) is 12.1 Å². The molecule has 0 amide bonds. The molecule has 3 atom stereocenters. The second-order valence-electron chi connectivity index (χ2n) is 7.41. The van der Waals surface area contributed by atoms with E-state index in [0.29, 0.717) is 24.9 Å². The number of ether oxygens (including phenoxy) is 3. The van der Waals surface area contributed by atoms with E-state index >= 15 is 0 Å². The third-order valence-corrected chi connectivity index (χ3v) is 5.11. The van der Waals surface area contributed by atoms with Gasteiger partial charge in [0.15, 0.2) is 11.6 Å². The summed E-state index contributed by atoms with van der Waals surface area (Å²) >= 11 is 0. The summed E-state index contributed by atoms with van der Waals surface area (Å²) < 4.78 is 45.1. The molecule has 0 aromatic heterocycles. The third-order valence-electron chi connectivity index (χ3n) is 5.11. The molecule has 2 rings (SSSR count). The van der Waals surface area contributed by atoms with Crippen molar-refractivity contribution < 1.29 is 23.0 Å². The maximum absolute atomic E-state index is 14.4. The molecule has 1 fully saturated rings. The van der Waals surface area contributed by atoms with E-state index < -0.39 is 12.0 Å². The maximum Gasteiger partial charge on any atom is 0.168 e. The average Bonchev–Trinajstić information content (AvgIpc) is 2.70. The Hall–Kier alpha value is -1.62. The quantitative estimate of drug-likeness (QED) is 0.308. The normalized spacial score (nSPS) is 21.0. The largest absolute Gasteiger partial charge is 0.493 e. The fourth-order valence-electron chi connectivity index (χ4n) is 3.33. The summed E-state index contributed by atoms with van der Waals surface area (Å²) in [4.78, 5) is 0. The second kappa shape index (κ2) is 12.8. The van der Waals surface area contributed by atoms with Crippen LogP contribution in [-0.2, 0) is 4.74 Å². The van der Waals surface area contributed by atoms with E-state index in [4.69, 9.17) is 14.2 Å². The van der Waals surface area contributed by atoms with Gasteiger partial charge in [-0.1, -0.05) is 25.5 Å². The zero-order chi connectivity index (χ0) is 20.2. The molecule has 1 aliphatic rings. The Morgan fingerprint density at radius 2 is 2.11 bits per heavy atom. The van der Waals surface area contributed by atoms with Crippen molar-refractivity contribution in [2.45, 2.75) is 71.1 Å².